The van der Waals surface area contributed by atoms with Crippen LogP contribution in [0.2, 0.25) is 5.02 Å². The Balaban J connectivity index is 1.57. The molecule has 0 aromatic heterocycles. The van der Waals surface area contributed by atoms with Gasteiger partial charge in [0.05, 0.1) is 18.2 Å². The van der Waals surface area contributed by atoms with Gasteiger partial charge < -0.3 is 19.5 Å². The Morgan fingerprint density at radius 3 is 2.85 bits per heavy atom. The third-order valence-corrected chi connectivity index (χ3v) is 4.70. The molecule has 0 unspecified atom stereocenters. The Hall–Kier alpha value is -1.82. The molecule has 0 aliphatic carbocycles. The number of halogens is 2. The summed E-state index contributed by atoms with van der Waals surface area (Å²) in [4.78, 5) is 0. The molecule has 4 nitrogen and oxygen atoms in total. The molecule has 0 radical (unpaired) electrons. The number of nitrogens with one attached hydrogen (secondary N) is 1. The predicted molar refractivity (Wildman–Crippen MR) is 99.4 cm³/mol. The number of hydrogen-bond acceptors (Lipinski definition) is 4. The van der Waals surface area contributed by atoms with Crippen molar-refractivity contribution in [1.82, 2.24) is 5.32 Å². The maximum atomic E-state index is 13.1. The number of rotatable bonds is 8. The quantitative estimate of drug-likeness (QED) is 0.740. The second-order valence-corrected chi connectivity index (χ2v) is 6.68. The first-order valence-electron chi connectivity index (χ1n) is 8.71. The third-order valence-electron chi connectivity index (χ3n) is 4.35. The van der Waals surface area contributed by atoms with E-state index in [9.17, 15) is 4.39 Å². The average molecular weight is 380 g/mol. The normalized spacial score (nSPS) is 16.7. The number of benzene rings is 2. The largest absolute Gasteiger partial charge is 0.493 e. The predicted octanol–water partition coefficient (Wildman–Crippen LogP) is 4.34. The molecule has 1 N–H and O–H groups in total. The van der Waals surface area contributed by atoms with E-state index in [2.05, 4.69) is 5.32 Å². The van der Waals surface area contributed by atoms with Gasteiger partial charge in [-0.2, -0.15) is 0 Å². The Kier molecular flexibility index (Phi) is 6.72. The number of hydrogen-bond donors (Lipinski definition) is 1. The molecule has 1 aliphatic rings. The summed E-state index contributed by atoms with van der Waals surface area (Å²) in [5.74, 6) is 0.909. The van der Waals surface area contributed by atoms with Gasteiger partial charge in [-0.25, -0.2) is 4.39 Å². The monoisotopic (exact) mass is 379 g/mol. The second-order valence-electron chi connectivity index (χ2n) is 6.28. The van der Waals surface area contributed by atoms with Crippen LogP contribution >= 0.6 is 11.6 Å². The van der Waals surface area contributed by atoms with Crippen LogP contribution in [0.1, 0.15) is 24.0 Å². The molecule has 2 aromatic carbocycles. The molecule has 1 fully saturated rings. The van der Waals surface area contributed by atoms with Crippen LogP contribution in [0.15, 0.2) is 36.4 Å². The molecule has 1 aliphatic heterocycles. The van der Waals surface area contributed by atoms with E-state index in [4.69, 9.17) is 25.8 Å². The van der Waals surface area contributed by atoms with Crippen LogP contribution in [0, 0.1) is 5.82 Å². The first kappa shape index (κ1) is 19.0. The van der Waals surface area contributed by atoms with Crippen LogP contribution in [-0.2, 0) is 17.9 Å². The summed E-state index contributed by atoms with van der Waals surface area (Å²) in [5.41, 5.74) is 1.82. The molecule has 1 saturated heterocycles. The highest BCUT2D eigenvalue weighted by Crippen LogP contribution is 2.29. The zero-order valence-corrected chi connectivity index (χ0v) is 15.5. The summed E-state index contributed by atoms with van der Waals surface area (Å²) < 4.78 is 30.0. The Morgan fingerprint density at radius 2 is 2.12 bits per heavy atom. The minimum absolute atomic E-state index is 0.242. The van der Waals surface area contributed by atoms with Crippen molar-refractivity contribution in [3.63, 3.8) is 0 Å². The molecular weight excluding hydrogens is 357 g/mol. The third kappa shape index (κ3) is 5.10. The smallest absolute Gasteiger partial charge is 0.161 e. The van der Waals surface area contributed by atoms with Crippen LogP contribution in [0.4, 0.5) is 4.39 Å². The Morgan fingerprint density at radius 1 is 1.23 bits per heavy atom. The van der Waals surface area contributed by atoms with Crippen LogP contribution in [-0.4, -0.2) is 26.4 Å². The zero-order valence-electron chi connectivity index (χ0n) is 14.8. The molecule has 0 saturated carbocycles. The van der Waals surface area contributed by atoms with Crippen molar-refractivity contribution in [2.24, 2.45) is 0 Å². The molecular formula is C20H23ClFNO3. The van der Waals surface area contributed by atoms with E-state index in [1.54, 1.807) is 13.2 Å². The zero-order chi connectivity index (χ0) is 18.4. The maximum absolute atomic E-state index is 13.1. The molecule has 0 spiro atoms. The topological polar surface area (TPSA) is 39.7 Å². The fourth-order valence-corrected chi connectivity index (χ4v) is 3.14. The van der Waals surface area contributed by atoms with Gasteiger partial charge >= 0.3 is 0 Å². The number of methoxy groups -OCH3 is 1. The highest BCUT2D eigenvalue weighted by Gasteiger charge is 2.14. The molecule has 0 amide bonds. The van der Waals surface area contributed by atoms with Crippen molar-refractivity contribution in [1.29, 1.82) is 0 Å². The van der Waals surface area contributed by atoms with Crippen LogP contribution in [0.5, 0.6) is 11.5 Å². The molecule has 1 heterocycles. The molecule has 140 valence electrons. The van der Waals surface area contributed by atoms with E-state index >= 15 is 0 Å². The summed E-state index contributed by atoms with van der Waals surface area (Å²) in [6, 6.07) is 10.1. The number of ether oxygens (including phenoxy) is 3. The van der Waals surface area contributed by atoms with Gasteiger partial charge in [-0.15, -0.1) is 0 Å². The van der Waals surface area contributed by atoms with Crippen molar-refractivity contribution < 1.29 is 18.6 Å². The van der Waals surface area contributed by atoms with Crippen molar-refractivity contribution in [3.05, 3.63) is 58.4 Å². The lowest BCUT2D eigenvalue weighted by Crippen LogP contribution is -2.25. The van der Waals surface area contributed by atoms with E-state index in [0.717, 1.165) is 43.7 Å². The van der Waals surface area contributed by atoms with Gasteiger partial charge in [0.15, 0.2) is 11.5 Å². The van der Waals surface area contributed by atoms with Gasteiger partial charge in [-0.05, 0) is 42.7 Å². The minimum Gasteiger partial charge on any atom is -0.493 e. The summed E-state index contributed by atoms with van der Waals surface area (Å²) in [6.45, 7) is 2.69. The molecule has 3 rings (SSSR count). The Labute approximate surface area is 158 Å². The minimum atomic E-state index is -0.365. The van der Waals surface area contributed by atoms with E-state index < -0.39 is 0 Å². The Bertz CT molecular complexity index is 735. The van der Waals surface area contributed by atoms with Crippen LogP contribution in [0.3, 0.4) is 0 Å². The average Bonchev–Trinajstić information content (AvgIpc) is 3.15. The van der Waals surface area contributed by atoms with Crippen molar-refractivity contribution in [3.8, 4) is 11.5 Å². The summed E-state index contributed by atoms with van der Waals surface area (Å²) in [6.07, 6.45) is 2.58. The van der Waals surface area contributed by atoms with E-state index in [0.29, 0.717) is 22.6 Å². The first-order valence-corrected chi connectivity index (χ1v) is 9.09. The standard InChI is InChI=1S/C20H23ClFNO3/c1-24-20-9-14(11-23-12-17-3-2-8-25-17)4-7-19(20)26-13-15-5-6-16(22)10-18(15)21/h4-7,9-10,17,23H,2-3,8,11-13H2,1H3/t17-/m1/s1. The van der Waals surface area contributed by atoms with Crippen molar-refractivity contribution in [2.75, 3.05) is 20.3 Å². The van der Waals surface area contributed by atoms with Crippen molar-refractivity contribution >= 4 is 11.6 Å². The highest BCUT2D eigenvalue weighted by atomic mass is 35.5. The van der Waals surface area contributed by atoms with Crippen molar-refractivity contribution in [2.45, 2.75) is 32.1 Å². The summed E-state index contributed by atoms with van der Waals surface area (Å²) >= 11 is 6.04. The van der Waals surface area contributed by atoms with Gasteiger partial charge in [-0.1, -0.05) is 23.7 Å². The maximum Gasteiger partial charge on any atom is 0.161 e. The van der Waals surface area contributed by atoms with E-state index in [1.165, 1.54) is 12.1 Å². The SMILES string of the molecule is COc1cc(CNC[C@H]2CCCO2)ccc1OCc1ccc(F)cc1Cl. The van der Waals surface area contributed by atoms with Gasteiger partial charge in [0, 0.05) is 25.3 Å². The van der Waals surface area contributed by atoms with Crippen LogP contribution in [0.25, 0.3) is 0 Å². The summed E-state index contributed by atoms with van der Waals surface area (Å²) in [7, 11) is 1.61. The lowest BCUT2D eigenvalue weighted by Gasteiger charge is -2.14. The lowest BCUT2D eigenvalue weighted by atomic mass is 10.2. The van der Waals surface area contributed by atoms with E-state index in [-0.39, 0.29) is 12.4 Å². The molecule has 1 atom stereocenters. The first-order chi connectivity index (χ1) is 12.7. The summed E-state index contributed by atoms with van der Waals surface area (Å²) in [5, 5.41) is 3.76. The van der Waals surface area contributed by atoms with Crippen LogP contribution < -0.4 is 14.8 Å². The molecule has 26 heavy (non-hydrogen) atoms. The highest BCUT2D eigenvalue weighted by molar-refractivity contribution is 6.31. The second kappa shape index (κ2) is 9.21. The molecule has 0 bridgehead atoms. The van der Waals surface area contributed by atoms with Gasteiger partial charge in [0.25, 0.3) is 0 Å². The van der Waals surface area contributed by atoms with Gasteiger partial charge in [0.1, 0.15) is 12.4 Å². The lowest BCUT2D eigenvalue weighted by molar-refractivity contribution is 0.110. The van der Waals surface area contributed by atoms with E-state index in [1.807, 2.05) is 18.2 Å². The fourth-order valence-electron chi connectivity index (χ4n) is 2.92. The van der Waals surface area contributed by atoms with Gasteiger partial charge in [-0.3, -0.25) is 0 Å². The molecule has 6 heteroatoms. The van der Waals surface area contributed by atoms with Gasteiger partial charge in [0.2, 0.25) is 0 Å². The fraction of sp³-hybridized carbons (Fsp3) is 0.400. The molecule has 2 aromatic rings.